The van der Waals surface area contributed by atoms with Gasteiger partial charge in [-0.25, -0.2) is 4.98 Å². The Morgan fingerprint density at radius 1 is 1.61 bits per heavy atom. The number of thiazole rings is 1. The number of rotatable bonds is 5. The molecular weight excluding hydrogens is 248 g/mol. The van der Waals surface area contributed by atoms with Gasteiger partial charge in [-0.05, 0) is 25.3 Å². The lowest BCUT2D eigenvalue weighted by Crippen LogP contribution is -2.30. The van der Waals surface area contributed by atoms with Gasteiger partial charge in [0, 0.05) is 10.8 Å². The zero-order valence-corrected chi connectivity index (χ0v) is 11.9. The Balaban J connectivity index is 2.09. The summed E-state index contributed by atoms with van der Waals surface area (Å²) in [5, 5.41) is 15.2. The topological polar surface area (TPSA) is 62.2 Å². The number of aliphatic carboxylic acids is 1. The molecule has 100 valence electrons. The lowest BCUT2D eigenvalue weighted by Gasteiger charge is -2.15. The lowest BCUT2D eigenvalue weighted by atomic mass is 9.98. The van der Waals surface area contributed by atoms with Crippen molar-refractivity contribution in [2.75, 3.05) is 6.54 Å². The largest absolute Gasteiger partial charge is 0.480 e. The number of carboxylic acid groups (broad SMARTS) is 1. The predicted molar refractivity (Wildman–Crippen MR) is 71.9 cm³/mol. The van der Waals surface area contributed by atoms with Crippen molar-refractivity contribution < 1.29 is 9.90 Å². The molecule has 5 heteroatoms. The summed E-state index contributed by atoms with van der Waals surface area (Å²) >= 11 is 1.54. The number of hydrogen-bond acceptors (Lipinski definition) is 4. The van der Waals surface area contributed by atoms with Crippen molar-refractivity contribution in [3.8, 4) is 0 Å². The molecule has 1 saturated carbocycles. The first-order chi connectivity index (χ1) is 8.38. The Morgan fingerprint density at radius 2 is 2.28 bits per heavy atom. The van der Waals surface area contributed by atoms with Crippen LogP contribution in [0.15, 0.2) is 5.38 Å². The summed E-state index contributed by atoms with van der Waals surface area (Å²) in [6, 6.07) is -0.669. The van der Waals surface area contributed by atoms with Crippen LogP contribution in [-0.4, -0.2) is 22.6 Å². The number of aromatic nitrogens is 1. The third-order valence-corrected chi connectivity index (χ3v) is 4.30. The normalized spacial score (nSPS) is 17.7. The minimum absolute atomic E-state index is 0.0253. The van der Waals surface area contributed by atoms with Crippen LogP contribution in [0.25, 0.3) is 0 Å². The van der Waals surface area contributed by atoms with Crippen LogP contribution in [0.4, 0.5) is 0 Å². The van der Waals surface area contributed by atoms with Crippen molar-refractivity contribution in [1.82, 2.24) is 10.3 Å². The van der Waals surface area contributed by atoms with Crippen molar-refractivity contribution in [1.29, 1.82) is 0 Å². The first kappa shape index (κ1) is 13.5. The van der Waals surface area contributed by atoms with Crippen molar-refractivity contribution in [3.05, 3.63) is 16.1 Å². The molecule has 1 atom stereocenters. The van der Waals surface area contributed by atoms with Gasteiger partial charge in [-0.1, -0.05) is 20.8 Å². The molecule has 0 aromatic carbocycles. The summed E-state index contributed by atoms with van der Waals surface area (Å²) in [7, 11) is 0. The van der Waals surface area contributed by atoms with Crippen LogP contribution in [-0.2, 0) is 10.2 Å². The second-order valence-electron chi connectivity index (χ2n) is 5.95. The summed E-state index contributed by atoms with van der Waals surface area (Å²) in [5.41, 5.74) is 0.612. The molecule has 1 aromatic rings. The SMILES string of the molecule is CC(C)(C)c1nc(C(NCC2CC2)C(=O)O)cs1. The maximum absolute atomic E-state index is 11.3. The average Bonchev–Trinajstić information content (AvgIpc) is 2.92. The molecule has 0 aliphatic heterocycles. The van der Waals surface area contributed by atoms with Gasteiger partial charge >= 0.3 is 5.97 Å². The van der Waals surface area contributed by atoms with E-state index in [9.17, 15) is 9.90 Å². The third-order valence-electron chi connectivity index (χ3n) is 3.01. The summed E-state index contributed by atoms with van der Waals surface area (Å²) in [6.45, 7) is 7.04. The summed E-state index contributed by atoms with van der Waals surface area (Å²) in [5.74, 6) is -0.186. The first-order valence-corrected chi connectivity index (χ1v) is 7.18. The highest BCUT2D eigenvalue weighted by molar-refractivity contribution is 7.09. The smallest absolute Gasteiger partial charge is 0.327 e. The molecule has 2 rings (SSSR count). The van der Waals surface area contributed by atoms with Gasteiger partial charge in [0.05, 0.1) is 10.7 Å². The van der Waals surface area contributed by atoms with E-state index in [1.807, 2.05) is 5.38 Å². The molecule has 4 nitrogen and oxygen atoms in total. The number of nitrogens with zero attached hydrogens (tertiary/aromatic N) is 1. The molecule has 0 saturated heterocycles. The number of carbonyl (C=O) groups is 1. The van der Waals surface area contributed by atoms with E-state index in [1.54, 1.807) is 0 Å². The van der Waals surface area contributed by atoms with Crippen LogP contribution in [0.5, 0.6) is 0 Å². The number of nitrogens with one attached hydrogen (secondary N) is 1. The van der Waals surface area contributed by atoms with Crippen LogP contribution >= 0.6 is 11.3 Å². The van der Waals surface area contributed by atoms with Gasteiger partial charge in [-0.2, -0.15) is 0 Å². The van der Waals surface area contributed by atoms with Crippen molar-refractivity contribution >= 4 is 17.3 Å². The van der Waals surface area contributed by atoms with E-state index in [-0.39, 0.29) is 5.41 Å². The Morgan fingerprint density at radius 3 is 2.72 bits per heavy atom. The van der Waals surface area contributed by atoms with Crippen molar-refractivity contribution in [3.63, 3.8) is 0 Å². The molecule has 0 amide bonds. The van der Waals surface area contributed by atoms with E-state index in [1.165, 1.54) is 24.2 Å². The molecule has 1 fully saturated rings. The Labute approximate surface area is 111 Å². The predicted octanol–water partition coefficient (Wildman–Crippen LogP) is 2.57. The number of hydrogen-bond donors (Lipinski definition) is 2. The maximum Gasteiger partial charge on any atom is 0.327 e. The van der Waals surface area contributed by atoms with Gasteiger partial charge in [0.2, 0.25) is 0 Å². The standard InChI is InChI=1S/C13H20N2O2S/c1-13(2,3)12-15-9(7-18-12)10(11(16)17)14-6-8-4-5-8/h7-8,10,14H,4-6H2,1-3H3,(H,16,17). The second kappa shape index (κ2) is 4.97. The number of carboxylic acids is 1. The first-order valence-electron chi connectivity index (χ1n) is 6.30. The second-order valence-corrected chi connectivity index (χ2v) is 6.81. The molecule has 0 bridgehead atoms. The van der Waals surface area contributed by atoms with Gasteiger partial charge in [-0.3, -0.25) is 10.1 Å². The fraction of sp³-hybridized carbons (Fsp3) is 0.692. The Hall–Kier alpha value is -0.940. The van der Waals surface area contributed by atoms with E-state index in [4.69, 9.17) is 0 Å². The van der Waals surface area contributed by atoms with Crippen LogP contribution in [0.1, 0.15) is 50.4 Å². The maximum atomic E-state index is 11.3. The molecule has 1 aliphatic rings. The van der Waals surface area contributed by atoms with Crippen molar-refractivity contribution in [2.45, 2.75) is 45.1 Å². The van der Waals surface area contributed by atoms with E-state index >= 15 is 0 Å². The molecule has 0 spiro atoms. The summed E-state index contributed by atoms with van der Waals surface area (Å²) < 4.78 is 0. The highest BCUT2D eigenvalue weighted by Gasteiger charge is 2.28. The molecule has 1 aliphatic carbocycles. The third kappa shape index (κ3) is 3.29. The van der Waals surface area contributed by atoms with Crippen LogP contribution in [0.3, 0.4) is 0 Å². The van der Waals surface area contributed by atoms with Crippen molar-refractivity contribution in [2.24, 2.45) is 5.92 Å². The molecular formula is C13H20N2O2S. The fourth-order valence-corrected chi connectivity index (χ4v) is 2.62. The van der Waals surface area contributed by atoms with E-state index in [0.29, 0.717) is 11.6 Å². The van der Waals surface area contributed by atoms with Crippen LogP contribution in [0, 0.1) is 5.92 Å². The van der Waals surface area contributed by atoms with E-state index in [0.717, 1.165) is 11.6 Å². The molecule has 1 unspecified atom stereocenters. The summed E-state index contributed by atoms with van der Waals surface area (Å²) in [4.78, 5) is 15.8. The quantitative estimate of drug-likeness (QED) is 0.861. The van der Waals surface area contributed by atoms with Gasteiger partial charge in [0.15, 0.2) is 0 Å². The highest BCUT2D eigenvalue weighted by atomic mass is 32.1. The van der Waals surface area contributed by atoms with E-state index in [2.05, 4.69) is 31.1 Å². The molecule has 18 heavy (non-hydrogen) atoms. The van der Waals surface area contributed by atoms with Gasteiger partial charge < -0.3 is 5.11 Å². The molecule has 2 N–H and O–H groups in total. The monoisotopic (exact) mass is 268 g/mol. The summed E-state index contributed by atoms with van der Waals surface area (Å²) in [6.07, 6.45) is 2.42. The van der Waals surface area contributed by atoms with E-state index < -0.39 is 12.0 Å². The van der Waals surface area contributed by atoms with Gasteiger partial charge in [0.25, 0.3) is 0 Å². The molecule has 1 aromatic heterocycles. The fourth-order valence-electron chi connectivity index (χ4n) is 1.69. The molecule has 0 radical (unpaired) electrons. The van der Waals surface area contributed by atoms with Gasteiger partial charge in [-0.15, -0.1) is 11.3 Å². The highest BCUT2D eigenvalue weighted by Crippen LogP contribution is 2.30. The minimum atomic E-state index is -0.846. The lowest BCUT2D eigenvalue weighted by molar-refractivity contribution is -0.139. The van der Waals surface area contributed by atoms with Gasteiger partial charge in [0.1, 0.15) is 6.04 Å². The average molecular weight is 268 g/mol. The van der Waals surface area contributed by atoms with Crippen LogP contribution < -0.4 is 5.32 Å². The zero-order chi connectivity index (χ0) is 13.3. The Bertz CT molecular complexity index is 432. The Kier molecular flexibility index (Phi) is 3.73. The minimum Gasteiger partial charge on any atom is -0.480 e. The zero-order valence-electron chi connectivity index (χ0n) is 11.1. The molecule has 1 heterocycles. The van der Waals surface area contributed by atoms with Crippen LogP contribution in [0.2, 0.25) is 0 Å².